The van der Waals surface area contributed by atoms with E-state index in [9.17, 15) is 14.4 Å². The van der Waals surface area contributed by atoms with Gasteiger partial charge in [0.2, 0.25) is 0 Å². The molecule has 4 nitrogen and oxygen atoms in total. The highest BCUT2D eigenvalue weighted by atomic mass is 16.5. The van der Waals surface area contributed by atoms with Gasteiger partial charge in [0.05, 0.1) is 7.11 Å². The second-order valence-corrected chi connectivity index (χ2v) is 6.70. The Morgan fingerprint density at radius 3 is 2.15 bits per heavy atom. The molecule has 0 amide bonds. The molecule has 1 saturated carbocycles. The lowest BCUT2D eigenvalue weighted by atomic mass is 9.74. The first-order valence-electron chi connectivity index (χ1n) is 8.84. The fraction of sp³-hybridized carbons (Fsp3) is 0.318. The normalized spacial score (nSPS) is 20.0. The zero-order valence-electron chi connectivity index (χ0n) is 14.8. The Morgan fingerprint density at radius 1 is 0.962 bits per heavy atom. The SMILES string of the molecule is COc1ccc(C2CC(=O)C(C(=O)CCc3ccccc3)C(=O)C2)cc1. The molecule has 4 heteroatoms. The fourth-order valence-corrected chi connectivity index (χ4v) is 3.50. The molecular weight excluding hydrogens is 328 g/mol. The van der Waals surface area contributed by atoms with Gasteiger partial charge in [-0.2, -0.15) is 0 Å². The van der Waals surface area contributed by atoms with Crippen molar-refractivity contribution in [1.82, 2.24) is 0 Å². The summed E-state index contributed by atoms with van der Waals surface area (Å²) in [6.45, 7) is 0. The Labute approximate surface area is 153 Å². The van der Waals surface area contributed by atoms with E-state index in [0.717, 1.165) is 16.9 Å². The van der Waals surface area contributed by atoms with Gasteiger partial charge < -0.3 is 4.74 Å². The molecule has 0 bridgehead atoms. The van der Waals surface area contributed by atoms with Crippen molar-refractivity contribution in [3.05, 3.63) is 65.7 Å². The summed E-state index contributed by atoms with van der Waals surface area (Å²) >= 11 is 0. The molecule has 0 atom stereocenters. The van der Waals surface area contributed by atoms with Crippen LogP contribution in [-0.2, 0) is 20.8 Å². The van der Waals surface area contributed by atoms with E-state index in [-0.39, 0.29) is 42.5 Å². The highest BCUT2D eigenvalue weighted by Crippen LogP contribution is 2.33. The lowest BCUT2D eigenvalue weighted by Crippen LogP contribution is -2.38. The summed E-state index contributed by atoms with van der Waals surface area (Å²) < 4.78 is 5.13. The van der Waals surface area contributed by atoms with Gasteiger partial charge in [0.1, 0.15) is 11.7 Å². The van der Waals surface area contributed by atoms with Crippen LogP contribution in [0.25, 0.3) is 0 Å². The number of hydrogen-bond acceptors (Lipinski definition) is 4. The molecule has 0 spiro atoms. The summed E-state index contributed by atoms with van der Waals surface area (Å²) in [5, 5.41) is 0. The standard InChI is InChI=1S/C22H22O4/c1-26-18-10-8-16(9-11-18)17-13-20(24)22(21(25)14-17)19(23)12-7-15-5-3-2-4-6-15/h2-6,8-11,17,22H,7,12-14H2,1H3. The predicted molar refractivity (Wildman–Crippen MR) is 98.2 cm³/mol. The minimum Gasteiger partial charge on any atom is -0.497 e. The van der Waals surface area contributed by atoms with Crippen LogP contribution in [0.3, 0.4) is 0 Å². The van der Waals surface area contributed by atoms with Crippen LogP contribution in [0.4, 0.5) is 0 Å². The maximum absolute atomic E-state index is 12.5. The maximum atomic E-state index is 12.5. The van der Waals surface area contributed by atoms with Crippen LogP contribution in [0.5, 0.6) is 5.75 Å². The third-order valence-corrected chi connectivity index (χ3v) is 4.95. The average Bonchev–Trinajstić information content (AvgIpc) is 2.66. The van der Waals surface area contributed by atoms with E-state index >= 15 is 0 Å². The lowest BCUT2D eigenvalue weighted by Gasteiger charge is -2.26. The van der Waals surface area contributed by atoms with Crippen LogP contribution in [0, 0.1) is 5.92 Å². The molecule has 0 heterocycles. The average molecular weight is 350 g/mol. The van der Waals surface area contributed by atoms with Gasteiger partial charge in [-0.15, -0.1) is 0 Å². The predicted octanol–water partition coefficient (Wildman–Crippen LogP) is 3.53. The number of aryl methyl sites for hydroxylation is 1. The summed E-state index contributed by atoms with van der Waals surface area (Å²) in [6.07, 6.45) is 1.25. The minimum absolute atomic E-state index is 0.154. The van der Waals surface area contributed by atoms with Crippen molar-refractivity contribution in [1.29, 1.82) is 0 Å². The van der Waals surface area contributed by atoms with E-state index in [1.54, 1.807) is 7.11 Å². The molecule has 1 aliphatic carbocycles. The van der Waals surface area contributed by atoms with Gasteiger partial charge in [-0.25, -0.2) is 0 Å². The van der Waals surface area contributed by atoms with Gasteiger partial charge >= 0.3 is 0 Å². The number of hydrogen-bond donors (Lipinski definition) is 0. The smallest absolute Gasteiger partial charge is 0.151 e. The highest BCUT2D eigenvalue weighted by molar-refractivity contribution is 6.21. The van der Waals surface area contributed by atoms with Crippen molar-refractivity contribution in [2.45, 2.75) is 31.6 Å². The second-order valence-electron chi connectivity index (χ2n) is 6.70. The van der Waals surface area contributed by atoms with Crippen molar-refractivity contribution in [2.24, 2.45) is 5.92 Å². The van der Waals surface area contributed by atoms with Crippen LogP contribution >= 0.6 is 0 Å². The van der Waals surface area contributed by atoms with E-state index in [2.05, 4.69) is 0 Å². The lowest BCUT2D eigenvalue weighted by molar-refractivity contribution is -0.142. The van der Waals surface area contributed by atoms with E-state index in [1.165, 1.54) is 0 Å². The van der Waals surface area contributed by atoms with E-state index < -0.39 is 5.92 Å². The number of ether oxygens (including phenoxy) is 1. The summed E-state index contributed by atoms with van der Waals surface area (Å²) in [5.74, 6) is -1.25. The molecule has 0 unspecified atom stereocenters. The molecule has 1 fully saturated rings. The van der Waals surface area contributed by atoms with E-state index in [1.807, 2.05) is 54.6 Å². The van der Waals surface area contributed by atoms with E-state index in [0.29, 0.717) is 6.42 Å². The minimum atomic E-state index is -1.08. The number of Topliss-reactive ketones (excluding diaryl/α,β-unsaturated/α-hetero) is 3. The van der Waals surface area contributed by atoms with Gasteiger partial charge in [0.15, 0.2) is 17.3 Å². The maximum Gasteiger partial charge on any atom is 0.151 e. The summed E-state index contributed by atoms with van der Waals surface area (Å²) in [4.78, 5) is 37.5. The van der Waals surface area contributed by atoms with Crippen LogP contribution < -0.4 is 4.74 Å². The molecule has 0 radical (unpaired) electrons. The highest BCUT2D eigenvalue weighted by Gasteiger charge is 2.39. The Bertz CT molecular complexity index is 775. The van der Waals surface area contributed by atoms with Crippen LogP contribution in [0.15, 0.2) is 54.6 Å². The summed E-state index contributed by atoms with van der Waals surface area (Å²) in [6, 6.07) is 17.0. The number of carbonyl (C=O) groups is 3. The molecule has 0 aromatic heterocycles. The van der Waals surface area contributed by atoms with Crippen molar-refractivity contribution in [3.8, 4) is 5.75 Å². The molecule has 3 rings (SSSR count). The molecule has 0 aliphatic heterocycles. The molecule has 0 N–H and O–H groups in total. The number of benzene rings is 2. The molecular formula is C22H22O4. The summed E-state index contributed by atoms with van der Waals surface area (Å²) in [7, 11) is 1.59. The first-order chi connectivity index (χ1) is 12.6. The van der Waals surface area contributed by atoms with Gasteiger partial charge in [0.25, 0.3) is 0 Å². The number of carbonyl (C=O) groups excluding carboxylic acids is 3. The molecule has 0 saturated heterocycles. The third kappa shape index (κ3) is 4.07. The zero-order chi connectivity index (χ0) is 18.5. The summed E-state index contributed by atoms with van der Waals surface area (Å²) in [5.41, 5.74) is 1.97. The van der Waals surface area contributed by atoms with Gasteiger partial charge in [-0.3, -0.25) is 14.4 Å². The first-order valence-corrected chi connectivity index (χ1v) is 8.84. The van der Waals surface area contributed by atoms with Crippen LogP contribution in [0.1, 0.15) is 36.3 Å². The van der Waals surface area contributed by atoms with Crippen molar-refractivity contribution < 1.29 is 19.1 Å². The fourth-order valence-electron chi connectivity index (χ4n) is 3.50. The van der Waals surface area contributed by atoms with Crippen molar-refractivity contribution >= 4 is 17.3 Å². The largest absolute Gasteiger partial charge is 0.497 e. The number of methoxy groups -OCH3 is 1. The molecule has 1 aliphatic rings. The Hall–Kier alpha value is -2.75. The van der Waals surface area contributed by atoms with Crippen molar-refractivity contribution in [2.75, 3.05) is 7.11 Å². The topological polar surface area (TPSA) is 60.4 Å². The number of rotatable bonds is 6. The third-order valence-electron chi connectivity index (χ3n) is 4.95. The quantitative estimate of drug-likeness (QED) is 0.748. The zero-order valence-corrected chi connectivity index (χ0v) is 14.8. The van der Waals surface area contributed by atoms with Crippen molar-refractivity contribution in [3.63, 3.8) is 0 Å². The van der Waals surface area contributed by atoms with Gasteiger partial charge in [-0.05, 0) is 35.6 Å². The first kappa shape index (κ1) is 18.1. The van der Waals surface area contributed by atoms with Crippen LogP contribution in [-0.4, -0.2) is 24.5 Å². The van der Waals surface area contributed by atoms with Crippen LogP contribution in [0.2, 0.25) is 0 Å². The second kappa shape index (κ2) is 8.09. The molecule has 134 valence electrons. The van der Waals surface area contributed by atoms with E-state index in [4.69, 9.17) is 4.74 Å². The monoisotopic (exact) mass is 350 g/mol. The Morgan fingerprint density at radius 2 is 1.58 bits per heavy atom. The Kier molecular flexibility index (Phi) is 5.61. The van der Waals surface area contributed by atoms with Gasteiger partial charge in [-0.1, -0.05) is 42.5 Å². The number of ketones is 3. The Balaban J connectivity index is 1.63. The molecule has 2 aromatic carbocycles. The molecule has 2 aromatic rings. The van der Waals surface area contributed by atoms with Gasteiger partial charge in [0, 0.05) is 19.3 Å². The molecule has 26 heavy (non-hydrogen) atoms.